The summed E-state index contributed by atoms with van der Waals surface area (Å²) in [7, 11) is 0. The fourth-order valence-corrected chi connectivity index (χ4v) is 6.31. The summed E-state index contributed by atoms with van der Waals surface area (Å²) in [4.78, 5) is 21.0. The molecule has 7 heteroatoms. The maximum atomic E-state index is 13.2. The molecule has 220 valence electrons. The molecule has 41 heavy (non-hydrogen) atoms. The van der Waals surface area contributed by atoms with Crippen LogP contribution >= 0.6 is 11.8 Å². The number of nitrogens with zero attached hydrogens (tertiary/aromatic N) is 2. The SMILES string of the molecule is Cc1nc(C)c([C@H](OC(C)(C)C)C(=O)O)c(N2CCC(C)(C)CC2)c1-c1ccc(SCCc2ccc(F)cc2)cc1. The molecule has 1 aliphatic heterocycles. The third-order valence-corrected chi connectivity index (χ3v) is 8.70. The summed E-state index contributed by atoms with van der Waals surface area (Å²) in [5.41, 5.74) is 5.84. The minimum atomic E-state index is -1.13. The third-order valence-electron chi connectivity index (χ3n) is 7.69. The topological polar surface area (TPSA) is 62.7 Å². The number of aromatic nitrogens is 1. The Morgan fingerprint density at radius 3 is 2.22 bits per heavy atom. The highest BCUT2D eigenvalue weighted by molar-refractivity contribution is 7.99. The second-order valence-electron chi connectivity index (χ2n) is 12.8. The van der Waals surface area contributed by atoms with Crippen molar-refractivity contribution < 1.29 is 19.0 Å². The number of halogens is 1. The van der Waals surface area contributed by atoms with Gasteiger partial charge in [0, 0.05) is 46.3 Å². The molecule has 0 aliphatic carbocycles. The summed E-state index contributed by atoms with van der Waals surface area (Å²) in [6.45, 7) is 15.8. The molecule has 1 N–H and O–H groups in total. The minimum absolute atomic E-state index is 0.215. The van der Waals surface area contributed by atoms with E-state index in [0.29, 0.717) is 11.3 Å². The Morgan fingerprint density at radius 2 is 1.66 bits per heavy atom. The molecule has 0 unspecified atom stereocenters. The zero-order valence-electron chi connectivity index (χ0n) is 25.4. The van der Waals surface area contributed by atoms with Crippen LogP contribution in [0.5, 0.6) is 0 Å². The highest BCUT2D eigenvalue weighted by Gasteiger charge is 2.36. The molecule has 1 fully saturated rings. The Morgan fingerprint density at radius 1 is 1.05 bits per heavy atom. The fraction of sp³-hybridized carbons (Fsp3) is 0.471. The van der Waals surface area contributed by atoms with Crippen molar-refractivity contribution >= 4 is 23.4 Å². The van der Waals surface area contributed by atoms with Crippen LogP contribution in [0.2, 0.25) is 0 Å². The molecule has 1 saturated heterocycles. The molecular formula is C34H43FN2O3S. The maximum Gasteiger partial charge on any atom is 0.337 e. The number of rotatable bonds is 9. The van der Waals surface area contributed by atoms with Gasteiger partial charge in [-0.15, -0.1) is 11.8 Å². The van der Waals surface area contributed by atoms with Gasteiger partial charge in [-0.25, -0.2) is 9.18 Å². The first kappa shape index (κ1) is 31.0. The van der Waals surface area contributed by atoms with Crippen LogP contribution in [0.3, 0.4) is 0 Å². The van der Waals surface area contributed by atoms with E-state index in [1.54, 1.807) is 11.8 Å². The number of carboxylic acids is 1. The molecule has 5 nitrogen and oxygen atoms in total. The number of ether oxygens (including phenoxy) is 1. The lowest BCUT2D eigenvalue weighted by atomic mass is 9.82. The van der Waals surface area contributed by atoms with Crippen molar-refractivity contribution in [1.29, 1.82) is 0 Å². The molecule has 0 radical (unpaired) electrons. The van der Waals surface area contributed by atoms with Crippen LogP contribution in [0.15, 0.2) is 53.4 Å². The molecule has 4 rings (SSSR count). The van der Waals surface area contributed by atoms with Gasteiger partial charge in [0.15, 0.2) is 6.10 Å². The number of thioether (sulfide) groups is 1. The van der Waals surface area contributed by atoms with Gasteiger partial charge >= 0.3 is 5.97 Å². The van der Waals surface area contributed by atoms with Crippen molar-refractivity contribution in [3.8, 4) is 11.1 Å². The van der Waals surface area contributed by atoms with Crippen LogP contribution in [0.1, 0.15) is 76.1 Å². The van der Waals surface area contributed by atoms with Crippen LogP contribution in [0, 0.1) is 25.1 Å². The molecule has 2 heterocycles. The van der Waals surface area contributed by atoms with Gasteiger partial charge in [-0.2, -0.15) is 0 Å². The van der Waals surface area contributed by atoms with E-state index in [-0.39, 0.29) is 11.2 Å². The number of aryl methyl sites for hydroxylation is 3. The summed E-state index contributed by atoms with van der Waals surface area (Å²) < 4.78 is 19.4. The number of anilines is 1. The molecule has 1 atom stereocenters. The van der Waals surface area contributed by atoms with E-state index in [4.69, 9.17) is 9.72 Å². The molecule has 1 aliphatic rings. The van der Waals surface area contributed by atoms with Gasteiger partial charge in [-0.3, -0.25) is 4.98 Å². The van der Waals surface area contributed by atoms with Crippen LogP contribution in [-0.4, -0.2) is 40.5 Å². The fourth-order valence-electron chi connectivity index (χ4n) is 5.41. The van der Waals surface area contributed by atoms with Gasteiger partial charge in [-0.1, -0.05) is 38.1 Å². The average molecular weight is 579 g/mol. The lowest BCUT2D eigenvalue weighted by Crippen LogP contribution is -2.39. The highest BCUT2D eigenvalue weighted by Crippen LogP contribution is 2.45. The van der Waals surface area contributed by atoms with Gasteiger partial charge < -0.3 is 14.7 Å². The van der Waals surface area contributed by atoms with Gasteiger partial charge in [0.2, 0.25) is 0 Å². The van der Waals surface area contributed by atoms with E-state index in [1.165, 1.54) is 12.1 Å². The van der Waals surface area contributed by atoms with Gasteiger partial charge in [0.05, 0.1) is 11.3 Å². The number of benzene rings is 2. The maximum absolute atomic E-state index is 13.2. The summed E-state index contributed by atoms with van der Waals surface area (Å²) in [6, 6.07) is 15.1. The van der Waals surface area contributed by atoms with Crippen LogP contribution in [0.25, 0.3) is 11.1 Å². The van der Waals surface area contributed by atoms with Gasteiger partial charge in [-0.05, 0) is 94.7 Å². The third kappa shape index (κ3) is 7.89. The highest BCUT2D eigenvalue weighted by atomic mass is 32.2. The Bertz CT molecular complexity index is 1350. The van der Waals surface area contributed by atoms with Crippen molar-refractivity contribution in [2.24, 2.45) is 5.41 Å². The minimum Gasteiger partial charge on any atom is -0.479 e. The number of pyridine rings is 1. The lowest BCUT2D eigenvalue weighted by molar-refractivity contribution is -0.160. The molecule has 0 saturated carbocycles. The van der Waals surface area contributed by atoms with E-state index in [9.17, 15) is 14.3 Å². The molecule has 1 aromatic heterocycles. The van der Waals surface area contributed by atoms with Crippen molar-refractivity contribution in [2.45, 2.75) is 84.3 Å². The first-order chi connectivity index (χ1) is 19.2. The zero-order valence-corrected chi connectivity index (χ0v) is 26.2. The lowest BCUT2D eigenvalue weighted by Gasteiger charge is -2.41. The number of carboxylic acid groups (broad SMARTS) is 1. The van der Waals surface area contributed by atoms with Crippen LogP contribution in [0.4, 0.5) is 10.1 Å². The van der Waals surface area contributed by atoms with Crippen LogP contribution < -0.4 is 4.90 Å². The number of piperidine rings is 1. The monoisotopic (exact) mass is 578 g/mol. The largest absolute Gasteiger partial charge is 0.479 e. The Labute approximate surface area is 248 Å². The zero-order chi connectivity index (χ0) is 29.9. The quantitative estimate of drug-likeness (QED) is 0.257. The molecule has 2 aromatic carbocycles. The average Bonchev–Trinajstić information content (AvgIpc) is 2.88. The summed E-state index contributed by atoms with van der Waals surface area (Å²) >= 11 is 1.76. The van der Waals surface area contributed by atoms with Crippen LogP contribution in [-0.2, 0) is 16.0 Å². The Kier molecular flexibility index (Phi) is 9.49. The smallest absolute Gasteiger partial charge is 0.337 e. The molecule has 0 bridgehead atoms. The molecular weight excluding hydrogens is 535 g/mol. The predicted octanol–water partition coefficient (Wildman–Crippen LogP) is 8.41. The second-order valence-corrected chi connectivity index (χ2v) is 13.9. The summed E-state index contributed by atoms with van der Waals surface area (Å²) in [5.74, 6) is -0.334. The standard InChI is InChI=1S/C34H43FN2O3S/c1-22-28(25-10-14-27(15-11-25)41-21-16-24-8-12-26(35)13-9-24)30(37-19-17-34(6,7)18-20-37)29(23(2)36-22)31(32(38)39)40-33(3,4)5/h8-15,31H,16-21H2,1-7H3,(H,38,39)/t31-/m0/s1. The number of hydrogen-bond acceptors (Lipinski definition) is 5. The predicted molar refractivity (Wildman–Crippen MR) is 166 cm³/mol. The van der Waals surface area contributed by atoms with Crippen molar-refractivity contribution in [1.82, 2.24) is 4.98 Å². The summed E-state index contributed by atoms with van der Waals surface area (Å²) in [6.07, 6.45) is 1.77. The molecule has 3 aromatic rings. The second kappa shape index (κ2) is 12.5. The number of carbonyl (C=O) groups is 1. The Balaban J connectivity index is 1.71. The number of aliphatic carboxylic acids is 1. The van der Waals surface area contributed by atoms with E-state index in [1.807, 2.05) is 46.8 Å². The van der Waals surface area contributed by atoms with E-state index in [2.05, 4.69) is 43.0 Å². The van der Waals surface area contributed by atoms with E-state index in [0.717, 1.165) is 71.1 Å². The van der Waals surface area contributed by atoms with Crippen molar-refractivity contribution in [2.75, 3.05) is 23.7 Å². The normalized spacial score (nSPS) is 16.0. The summed E-state index contributed by atoms with van der Waals surface area (Å²) in [5, 5.41) is 10.4. The number of hydrogen-bond donors (Lipinski definition) is 1. The first-order valence-electron chi connectivity index (χ1n) is 14.4. The van der Waals surface area contributed by atoms with Gasteiger partial charge in [0.1, 0.15) is 5.82 Å². The molecule has 0 amide bonds. The van der Waals surface area contributed by atoms with Gasteiger partial charge in [0.25, 0.3) is 0 Å². The van der Waals surface area contributed by atoms with Crippen molar-refractivity contribution in [3.05, 3.63) is 76.9 Å². The Hall–Kier alpha value is -2.90. The van der Waals surface area contributed by atoms with Crippen molar-refractivity contribution in [3.63, 3.8) is 0 Å². The first-order valence-corrected chi connectivity index (χ1v) is 15.4. The molecule has 0 spiro atoms. The van der Waals surface area contributed by atoms with E-state index >= 15 is 0 Å². The van der Waals surface area contributed by atoms with E-state index < -0.39 is 17.7 Å².